The molecule has 0 spiro atoms. The van der Waals surface area contributed by atoms with Crippen molar-refractivity contribution in [1.82, 2.24) is 15.5 Å². The summed E-state index contributed by atoms with van der Waals surface area (Å²) in [5.74, 6) is 0.139. The average Bonchev–Trinajstić information content (AvgIpc) is 2.95. The van der Waals surface area contributed by atoms with E-state index in [-0.39, 0.29) is 11.3 Å². The first kappa shape index (κ1) is 13.1. The Morgan fingerprint density at radius 2 is 2.20 bits per heavy atom. The Hall–Kier alpha value is -1.88. The second kappa shape index (κ2) is 5.25. The molecule has 3 rings (SSSR count). The number of aromatic amines is 1. The first-order valence-corrected chi connectivity index (χ1v) is 7.19. The number of aromatic nitrogens is 2. The standard InChI is InChI=1S/C15H20N4O/c1-2-15(5-7-16-8-6-15)14(20)18-12-4-3-11-10-17-19-13(11)9-12/h3-4,9-10,16H,2,5-8H2,1H3,(H,17,19)(H,18,20). The number of hydrogen-bond acceptors (Lipinski definition) is 3. The summed E-state index contributed by atoms with van der Waals surface area (Å²) in [5.41, 5.74) is 1.55. The van der Waals surface area contributed by atoms with Crippen LogP contribution >= 0.6 is 0 Å². The highest BCUT2D eigenvalue weighted by atomic mass is 16.2. The van der Waals surface area contributed by atoms with E-state index < -0.39 is 0 Å². The van der Waals surface area contributed by atoms with Crippen molar-refractivity contribution in [3.8, 4) is 0 Å². The largest absolute Gasteiger partial charge is 0.326 e. The zero-order valence-electron chi connectivity index (χ0n) is 11.7. The van der Waals surface area contributed by atoms with Gasteiger partial charge in [-0.15, -0.1) is 0 Å². The van der Waals surface area contributed by atoms with Crippen molar-refractivity contribution in [1.29, 1.82) is 0 Å². The van der Waals surface area contributed by atoms with Gasteiger partial charge in [0.2, 0.25) is 5.91 Å². The monoisotopic (exact) mass is 272 g/mol. The minimum Gasteiger partial charge on any atom is -0.326 e. The van der Waals surface area contributed by atoms with Crippen LogP contribution in [0.1, 0.15) is 26.2 Å². The summed E-state index contributed by atoms with van der Waals surface area (Å²) in [6.07, 6.45) is 4.47. The number of carbonyl (C=O) groups excluding carboxylic acids is 1. The molecule has 1 aromatic carbocycles. The third-order valence-corrected chi connectivity index (χ3v) is 4.42. The van der Waals surface area contributed by atoms with Gasteiger partial charge in [0.1, 0.15) is 0 Å². The van der Waals surface area contributed by atoms with Crippen LogP contribution in [0.4, 0.5) is 5.69 Å². The summed E-state index contributed by atoms with van der Waals surface area (Å²) in [4.78, 5) is 12.6. The predicted octanol–water partition coefficient (Wildman–Crippen LogP) is 2.28. The van der Waals surface area contributed by atoms with Crippen LogP contribution < -0.4 is 10.6 Å². The number of H-pyrrole nitrogens is 1. The number of carbonyl (C=O) groups is 1. The lowest BCUT2D eigenvalue weighted by molar-refractivity contribution is -0.127. The van der Waals surface area contributed by atoms with E-state index in [0.717, 1.165) is 48.9 Å². The summed E-state index contributed by atoms with van der Waals surface area (Å²) in [7, 11) is 0. The van der Waals surface area contributed by atoms with Crippen LogP contribution in [-0.2, 0) is 4.79 Å². The van der Waals surface area contributed by atoms with Crippen LogP contribution in [-0.4, -0.2) is 29.2 Å². The molecule has 2 heterocycles. The first-order valence-electron chi connectivity index (χ1n) is 7.19. The zero-order chi connectivity index (χ0) is 14.0. The molecular formula is C15H20N4O. The van der Waals surface area contributed by atoms with E-state index >= 15 is 0 Å². The maximum atomic E-state index is 12.6. The van der Waals surface area contributed by atoms with Gasteiger partial charge >= 0.3 is 0 Å². The second-order valence-corrected chi connectivity index (χ2v) is 5.51. The van der Waals surface area contributed by atoms with Gasteiger partial charge in [0.05, 0.1) is 17.1 Å². The lowest BCUT2D eigenvalue weighted by Crippen LogP contribution is -2.44. The smallest absolute Gasteiger partial charge is 0.230 e. The fraction of sp³-hybridized carbons (Fsp3) is 0.467. The van der Waals surface area contributed by atoms with Crippen LogP contribution in [0.5, 0.6) is 0 Å². The molecule has 5 nitrogen and oxygen atoms in total. The molecule has 1 saturated heterocycles. The molecule has 0 aliphatic carbocycles. The van der Waals surface area contributed by atoms with Gasteiger partial charge in [0.15, 0.2) is 0 Å². The van der Waals surface area contributed by atoms with E-state index in [1.54, 1.807) is 6.20 Å². The quantitative estimate of drug-likeness (QED) is 0.803. The number of rotatable bonds is 3. The molecule has 3 N–H and O–H groups in total. The molecule has 0 saturated carbocycles. The van der Waals surface area contributed by atoms with Gasteiger partial charge in [0, 0.05) is 11.1 Å². The van der Waals surface area contributed by atoms with Crippen LogP contribution in [0, 0.1) is 5.41 Å². The zero-order valence-corrected chi connectivity index (χ0v) is 11.7. The van der Waals surface area contributed by atoms with Crippen molar-refractivity contribution >= 4 is 22.5 Å². The highest BCUT2D eigenvalue weighted by molar-refractivity contribution is 5.97. The third-order valence-electron chi connectivity index (χ3n) is 4.42. The molecule has 1 amide bonds. The Bertz CT molecular complexity index is 613. The van der Waals surface area contributed by atoms with Crippen molar-refractivity contribution < 1.29 is 4.79 Å². The highest BCUT2D eigenvalue weighted by Gasteiger charge is 2.37. The van der Waals surface area contributed by atoms with Crippen molar-refractivity contribution in [2.45, 2.75) is 26.2 Å². The summed E-state index contributed by atoms with van der Waals surface area (Å²) < 4.78 is 0. The van der Waals surface area contributed by atoms with Crippen molar-refractivity contribution in [3.63, 3.8) is 0 Å². The summed E-state index contributed by atoms with van der Waals surface area (Å²) >= 11 is 0. The van der Waals surface area contributed by atoms with Gasteiger partial charge < -0.3 is 10.6 Å². The average molecular weight is 272 g/mol. The molecule has 0 unspecified atom stereocenters. The Morgan fingerprint density at radius 3 is 2.95 bits per heavy atom. The van der Waals surface area contributed by atoms with Gasteiger partial charge in [-0.3, -0.25) is 9.89 Å². The number of fused-ring (bicyclic) bond motifs is 1. The number of amides is 1. The van der Waals surface area contributed by atoms with Gasteiger partial charge in [-0.2, -0.15) is 5.10 Å². The Morgan fingerprint density at radius 1 is 1.40 bits per heavy atom. The Kier molecular flexibility index (Phi) is 3.44. The van der Waals surface area contributed by atoms with Crippen molar-refractivity contribution in [3.05, 3.63) is 24.4 Å². The molecule has 5 heteroatoms. The molecule has 2 aromatic rings. The van der Waals surface area contributed by atoms with E-state index in [4.69, 9.17) is 0 Å². The minimum absolute atomic E-state index is 0.139. The lowest BCUT2D eigenvalue weighted by atomic mass is 9.76. The van der Waals surface area contributed by atoms with Gasteiger partial charge in [-0.05, 0) is 50.6 Å². The van der Waals surface area contributed by atoms with Gasteiger partial charge in [-0.25, -0.2) is 0 Å². The van der Waals surface area contributed by atoms with Gasteiger partial charge in [0.25, 0.3) is 0 Å². The van der Waals surface area contributed by atoms with E-state index in [0.29, 0.717) is 0 Å². The molecule has 106 valence electrons. The second-order valence-electron chi connectivity index (χ2n) is 5.51. The summed E-state index contributed by atoms with van der Waals surface area (Å²) in [6, 6.07) is 5.83. The number of nitrogens with one attached hydrogen (secondary N) is 3. The molecule has 1 fully saturated rings. The topological polar surface area (TPSA) is 69.8 Å². The molecule has 0 atom stereocenters. The fourth-order valence-corrected chi connectivity index (χ4v) is 2.92. The molecule has 0 bridgehead atoms. The van der Waals surface area contributed by atoms with E-state index in [2.05, 4.69) is 27.8 Å². The maximum Gasteiger partial charge on any atom is 0.230 e. The number of piperidine rings is 1. The van der Waals surface area contributed by atoms with Crippen LogP contribution in [0.3, 0.4) is 0 Å². The number of nitrogens with zero attached hydrogens (tertiary/aromatic N) is 1. The molecule has 1 aliphatic heterocycles. The Labute approximate surface area is 118 Å². The van der Waals surface area contributed by atoms with E-state index in [1.807, 2.05) is 18.2 Å². The van der Waals surface area contributed by atoms with Crippen molar-refractivity contribution in [2.75, 3.05) is 18.4 Å². The molecule has 20 heavy (non-hydrogen) atoms. The first-order chi connectivity index (χ1) is 9.73. The highest BCUT2D eigenvalue weighted by Crippen LogP contribution is 2.34. The summed E-state index contributed by atoms with van der Waals surface area (Å²) in [6.45, 7) is 3.94. The predicted molar refractivity (Wildman–Crippen MR) is 79.6 cm³/mol. The van der Waals surface area contributed by atoms with E-state index in [9.17, 15) is 4.79 Å². The van der Waals surface area contributed by atoms with Crippen LogP contribution in [0.2, 0.25) is 0 Å². The molecule has 0 radical (unpaired) electrons. The number of hydrogen-bond donors (Lipinski definition) is 3. The normalized spacial score (nSPS) is 18.1. The van der Waals surface area contributed by atoms with Crippen molar-refractivity contribution in [2.24, 2.45) is 5.41 Å². The lowest BCUT2D eigenvalue weighted by Gasteiger charge is -2.35. The molecule has 1 aromatic heterocycles. The minimum atomic E-state index is -0.228. The molecular weight excluding hydrogens is 252 g/mol. The fourth-order valence-electron chi connectivity index (χ4n) is 2.92. The van der Waals surface area contributed by atoms with E-state index in [1.165, 1.54) is 0 Å². The maximum absolute atomic E-state index is 12.6. The third kappa shape index (κ3) is 2.29. The number of anilines is 1. The Balaban J connectivity index is 1.80. The summed E-state index contributed by atoms with van der Waals surface area (Å²) in [5, 5.41) is 14.4. The molecule has 1 aliphatic rings. The number of benzene rings is 1. The van der Waals surface area contributed by atoms with Crippen LogP contribution in [0.25, 0.3) is 10.9 Å². The van der Waals surface area contributed by atoms with Crippen LogP contribution in [0.15, 0.2) is 24.4 Å². The SMILES string of the molecule is CCC1(C(=O)Nc2ccc3cn[nH]c3c2)CCNCC1. The van der Waals surface area contributed by atoms with Gasteiger partial charge in [-0.1, -0.05) is 6.92 Å².